The Labute approximate surface area is 239 Å². The average molecular weight is 576 g/mol. The zero-order valence-electron chi connectivity index (χ0n) is 22.8. The highest BCUT2D eigenvalue weighted by atomic mass is 19.4. The molecule has 0 saturated heterocycles. The molecule has 42 heavy (non-hydrogen) atoms. The van der Waals surface area contributed by atoms with E-state index in [-0.39, 0.29) is 42.3 Å². The van der Waals surface area contributed by atoms with Crippen molar-refractivity contribution in [3.8, 4) is 16.9 Å². The summed E-state index contributed by atoms with van der Waals surface area (Å²) in [5.74, 6) is -0.411. The van der Waals surface area contributed by atoms with Gasteiger partial charge in [0.2, 0.25) is 0 Å². The molecular weight excluding hydrogens is 547 g/mol. The van der Waals surface area contributed by atoms with E-state index < -0.39 is 17.8 Å². The van der Waals surface area contributed by atoms with Crippen LogP contribution < -0.4 is 4.74 Å². The maximum absolute atomic E-state index is 14.4. The summed E-state index contributed by atoms with van der Waals surface area (Å²) in [7, 11) is 1.25. The van der Waals surface area contributed by atoms with Crippen LogP contribution in [0.1, 0.15) is 33.9 Å². The number of carboxylic acids is 1. The quantitative estimate of drug-likeness (QED) is 0.174. The molecule has 1 aliphatic heterocycles. The Morgan fingerprint density at radius 2 is 1.81 bits per heavy atom. The summed E-state index contributed by atoms with van der Waals surface area (Å²) in [5, 5.41) is 17.2. The van der Waals surface area contributed by atoms with Crippen LogP contribution in [0, 0.1) is 0 Å². The second kappa shape index (κ2) is 11.0. The highest BCUT2D eigenvalue weighted by molar-refractivity contribution is 6.04. The lowest BCUT2D eigenvalue weighted by Crippen LogP contribution is -2.13. The number of carboxylic acid groups (broad SMARTS) is 1. The lowest BCUT2D eigenvalue weighted by Gasteiger charge is -2.14. The summed E-state index contributed by atoms with van der Waals surface area (Å²) in [6, 6.07) is 18.7. The molecule has 5 aromatic rings. The summed E-state index contributed by atoms with van der Waals surface area (Å²) in [6.45, 7) is 0.521. The number of aromatic nitrogens is 3. The molecule has 0 radical (unpaired) electrons. The van der Waals surface area contributed by atoms with Crippen molar-refractivity contribution >= 4 is 27.6 Å². The summed E-state index contributed by atoms with van der Waals surface area (Å²) < 4.78 is 57.2. The van der Waals surface area contributed by atoms with Gasteiger partial charge in [-0.2, -0.15) is 18.3 Å². The number of aromatic carboxylic acids is 1. The van der Waals surface area contributed by atoms with Crippen molar-refractivity contribution < 1.29 is 32.5 Å². The SMILES string of the molecule is Cn1nc2c(c1C(F)(F)F)-c1cccc3c(CCCOc4cccc5ccccc45)c(C(=O)O)n(c13)C/C=C\COC2. The first-order valence-electron chi connectivity index (χ1n) is 13.6. The van der Waals surface area contributed by atoms with Crippen LogP contribution in [-0.4, -0.2) is 38.6 Å². The van der Waals surface area contributed by atoms with Gasteiger partial charge in [-0.05, 0) is 29.9 Å². The van der Waals surface area contributed by atoms with Crippen LogP contribution >= 0.6 is 0 Å². The lowest BCUT2D eigenvalue weighted by atomic mass is 9.98. The van der Waals surface area contributed by atoms with Crippen molar-refractivity contribution in [2.45, 2.75) is 32.2 Å². The molecule has 0 bridgehead atoms. The normalized spacial score (nSPS) is 14.5. The van der Waals surface area contributed by atoms with Gasteiger partial charge >= 0.3 is 12.1 Å². The van der Waals surface area contributed by atoms with Crippen LogP contribution in [0.5, 0.6) is 5.75 Å². The second-order valence-electron chi connectivity index (χ2n) is 10.2. The van der Waals surface area contributed by atoms with Gasteiger partial charge in [-0.15, -0.1) is 0 Å². The number of benzene rings is 3. The molecule has 2 aromatic heterocycles. The smallest absolute Gasteiger partial charge is 0.433 e. The molecule has 10 heteroatoms. The number of alkyl halides is 3. The molecule has 7 nitrogen and oxygen atoms in total. The molecule has 0 saturated carbocycles. The van der Waals surface area contributed by atoms with Gasteiger partial charge in [0, 0.05) is 35.5 Å². The van der Waals surface area contributed by atoms with E-state index in [1.165, 1.54) is 7.05 Å². The Balaban J connectivity index is 1.44. The van der Waals surface area contributed by atoms with Crippen LogP contribution in [0.4, 0.5) is 13.2 Å². The molecular formula is C32H28F3N3O4. The average Bonchev–Trinajstić information content (AvgIpc) is 3.46. The van der Waals surface area contributed by atoms with Gasteiger partial charge in [-0.1, -0.05) is 66.7 Å². The second-order valence-corrected chi connectivity index (χ2v) is 10.2. The van der Waals surface area contributed by atoms with Crippen LogP contribution in [0.15, 0.2) is 72.8 Å². The zero-order valence-corrected chi connectivity index (χ0v) is 22.8. The van der Waals surface area contributed by atoms with Crippen LogP contribution in [-0.2, 0) is 37.5 Å². The van der Waals surface area contributed by atoms with Gasteiger partial charge in [-0.25, -0.2) is 4.79 Å². The third kappa shape index (κ3) is 4.92. The van der Waals surface area contributed by atoms with Gasteiger partial charge in [0.15, 0.2) is 5.69 Å². The molecule has 3 aromatic carbocycles. The number of para-hydroxylation sites is 1. The number of nitrogens with zero attached hydrogens (tertiary/aromatic N) is 3. The van der Waals surface area contributed by atoms with E-state index >= 15 is 0 Å². The minimum atomic E-state index is -4.69. The number of rotatable bonds is 6. The molecule has 0 unspecified atom stereocenters. The Morgan fingerprint density at radius 1 is 1.05 bits per heavy atom. The van der Waals surface area contributed by atoms with Crippen molar-refractivity contribution in [1.82, 2.24) is 14.3 Å². The summed E-state index contributed by atoms with van der Waals surface area (Å²) in [5.41, 5.74) is 0.429. The topological polar surface area (TPSA) is 78.5 Å². The number of ether oxygens (including phenoxy) is 2. The van der Waals surface area contributed by atoms with Gasteiger partial charge < -0.3 is 19.1 Å². The number of aryl methyl sites for hydroxylation is 2. The highest BCUT2D eigenvalue weighted by Crippen LogP contribution is 2.43. The zero-order chi connectivity index (χ0) is 29.4. The fourth-order valence-electron chi connectivity index (χ4n) is 5.88. The van der Waals surface area contributed by atoms with Crippen molar-refractivity contribution in [3.05, 3.63) is 95.5 Å². The fourth-order valence-corrected chi connectivity index (χ4v) is 5.88. The van der Waals surface area contributed by atoms with E-state index in [2.05, 4.69) is 5.10 Å². The van der Waals surface area contributed by atoms with Gasteiger partial charge in [0.25, 0.3) is 0 Å². The molecule has 216 valence electrons. The number of halogens is 3. The van der Waals surface area contributed by atoms with E-state index in [1.54, 1.807) is 34.9 Å². The van der Waals surface area contributed by atoms with E-state index in [0.717, 1.165) is 21.2 Å². The monoisotopic (exact) mass is 575 g/mol. The Bertz CT molecular complexity index is 1830. The van der Waals surface area contributed by atoms with E-state index in [9.17, 15) is 23.1 Å². The molecule has 0 atom stereocenters. The molecule has 0 aliphatic carbocycles. The highest BCUT2D eigenvalue weighted by Gasteiger charge is 2.40. The molecule has 1 N–H and O–H groups in total. The molecule has 1 aliphatic rings. The number of hydrogen-bond donors (Lipinski definition) is 1. The third-order valence-corrected chi connectivity index (χ3v) is 7.53. The minimum Gasteiger partial charge on any atom is -0.493 e. The molecule has 0 fully saturated rings. The third-order valence-electron chi connectivity index (χ3n) is 7.53. The fraction of sp³-hybridized carbons (Fsp3) is 0.250. The van der Waals surface area contributed by atoms with E-state index in [4.69, 9.17) is 9.47 Å². The van der Waals surface area contributed by atoms with Crippen LogP contribution in [0.2, 0.25) is 0 Å². The summed E-state index contributed by atoms with van der Waals surface area (Å²) in [4.78, 5) is 12.7. The van der Waals surface area contributed by atoms with Crippen molar-refractivity contribution in [3.63, 3.8) is 0 Å². The maximum Gasteiger partial charge on any atom is 0.433 e. The van der Waals surface area contributed by atoms with Crippen LogP contribution in [0.3, 0.4) is 0 Å². The Kier molecular flexibility index (Phi) is 7.24. The molecule has 0 amide bonds. The first-order chi connectivity index (χ1) is 20.3. The number of carbonyl (C=O) groups is 1. The van der Waals surface area contributed by atoms with Gasteiger partial charge in [-0.3, -0.25) is 4.68 Å². The van der Waals surface area contributed by atoms with Crippen molar-refractivity contribution in [2.24, 2.45) is 7.05 Å². The summed E-state index contributed by atoms with van der Waals surface area (Å²) >= 11 is 0. The predicted octanol–water partition coefficient (Wildman–Crippen LogP) is 7.01. The van der Waals surface area contributed by atoms with Crippen LogP contribution in [0.25, 0.3) is 32.8 Å². The predicted molar refractivity (Wildman–Crippen MR) is 153 cm³/mol. The van der Waals surface area contributed by atoms with Gasteiger partial charge in [0.05, 0.1) is 31.0 Å². The van der Waals surface area contributed by atoms with Crippen molar-refractivity contribution in [2.75, 3.05) is 13.2 Å². The van der Waals surface area contributed by atoms with E-state index in [0.29, 0.717) is 35.9 Å². The number of fused-ring (bicyclic) bond motifs is 3. The first kappa shape index (κ1) is 27.6. The maximum atomic E-state index is 14.4. The Morgan fingerprint density at radius 3 is 2.62 bits per heavy atom. The molecule has 0 spiro atoms. The molecule has 3 heterocycles. The number of allylic oxidation sites excluding steroid dienone is 1. The van der Waals surface area contributed by atoms with E-state index in [1.807, 2.05) is 42.5 Å². The number of hydrogen-bond acceptors (Lipinski definition) is 4. The first-order valence-corrected chi connectivity index (χ1v) is 13.6. The minimum absolute atomic E-state index is 0.0476. The summed E-state index contributed by atoms with van der Waals surface area (Å²) in [6.07, 6.45) is -0.327. The largest absolute Gasteiger partial charge is 0.493 e. The van der Waals surface area contributed by atoms with Crippen molar-refractivity contribution in [1.29, 1.82) is 0 Å². The Hall–Kier alpha value is -4.57. The van der Waals surface area contributed by atoms with Gasteiger partial charge in [0.1, 0.15) is 11.4 Å². The lowest BCUT2D eigenvalue weighted by molar-refractivity contribution is -0.143. The molecule has 6 rings (SSSR count). The standard InChI is InChI=1S/C32H28F3N3O4/c1-37-30(32(33,34)35)27-24-13-7-12-22-23(14-8-18-42-26-15-6-10-20-9-2-3-11-21(20)26)29(31(39)40)38(28(22)24)16-4-5-17-41-19-25(27)36-37/h2-7,9-13,15H,8,14,16-19H2,1H3,(H,39,40)/b5-4-.